The molecule has 3 aromatic heterocycles. The van der Waals surface area contributed by atoms with Crippen molar-refractivity contribution in [3.8, 4) is 5.82 Å². The van der Waals surface area contributed by atoms with E-state index in [9.17, 15) is 4.79 Å². The topological polar surface area (TPSA) is 77.6 Å². The Balaban J connectivity index is 1.60. The Labute approximate surface area is 150 Å². The number of anilines is 1. The molecule has 0 aliphatic carbocycles. The van der Waals surface area contributed by atoms with E-state index in [0.717, 1.165) is 22.6 Å². The lowest BCUT2D eigenvalue weighted by molar-refractivity contribution is -0.116. The lowest BCUT2D eigenvalue weighted by Crippen LogP contribution is -2.21. The fraction of sp³-hybridized carbons (Fsp3) is 0.158. The molecule has 0 saturated carbocycles. The van der Waals surface area contributed by atoms with E-state index < -0.39 is 0 Å². The number of nitrogens with one attached hydrogen (secondary N) is 1. The summed E-state index contributed by atoms with van der Waals surface area (Å²) in [6.07, 6.45) is 1.69. The van der Waals surface area contributed by atoms with Crippen molar-refractivity contribution in [3.63, 3.8) is 0 Å². The number of aromatic nitrogens is 5. The van der Waals surface area contributed by atoms with Crippen molar-refractivity contribution >= 4 is 22.8 Å². The third-order valence-electron chi connectivity index (χ3n) is 4.11. The van der Waals surface area contributed by atoms with Gasteiger partial charge in [0.25, 0.3) is 0 Å². The highest BCUT2D eigenvalue weighted by atomic mass is 16.2. The molecule has 1 amide bonds. The van der Waals surface area contributed by atoms with Gasteiger partial charge in [-0.2, -0.15) is 9.78 Å². The maximum absolute atomic E-state index is 12.6. The summed E-state index contributed by atoms with van der Waals surface area (Å²) in [5.74, 6) is 1.90. The zero-order valence-electron chi connectivity index (χ0n) is 14.5. The van der Waals surface area contributed by atoms with Gasteiger partial charge in [0.2, 0.25) is 5.91 Å². The molecule has 7 nitrogen and oxygen atoms in total. The molecule has 1 aromatic carbocycles. The minimum atomic E-state index is -0.145. The van der Waals surface area contributed by atoms with Gasteiger partial charge in [0.1, 0.15) is 18.2 Å². The van der Waals surface area contributed by atoms with Crippen LogP contribution in [0.25, 0.3) is 16.9 Å². The van der Waals surface area contributed by atoms with Crippen molar-refractivity contribution in [1.29, 1.82) is 0 Å². The Morgan fingerprint density at radius 1 is 1.12 bits per heavy atom. The number of fused-ring (bicyclic) bond motifs is 1. The van der Waals surface area contributed by atoms with Crippen LogP contribution < -0.4 is 5.32 Å². The molecule has 0 aliphatic heterocycles. The second-order valence-corrected chi connectivity index (χ2v) is 6.05. The molecule has 0 radical (unpaired) electrons. The maximum atomic E-state index is 12.6. The minimum Gasteiger partial charge on any atom is -0.319 e. The van der Waals surface area contributed by atoms with Crippen LogP contribution in [0, 0.1) is 13.8 Å². The van der Waals surface area contributed by atoms with Gasteiger partial charge in [-0.3, -0.25) is 4.79 Å². The Morgan fingerprint density at radius 3 is 2.73 bits per heavy atom. The molecule has 0 aliphatic rings. The summed E-state index contributed by atoms with van der Waals surface area (Å²) >= 11 is 0. The van der Waals surface area contributed by atoms with Gasteiger partial charge < -0.3 is 9.88 Å². The zero-order valence-corrected chi connectivity index (χ0v) is 14.5. The molecular formula is C19H18N6O. The Morgan fingerprint density at radius 2 is 1.92 bits per heavy atom. The molecule has 0 atom stereocenters. The van der Waals surface area contributed by atoms with E-state index in [4.69, 9.17) is 0 Å². The number of hydrogen-bond donors (Lipinski definition) is 1. The number of benzene rings is 1. The molecule has 26 heavy (non-hydrogen) atoms. The molecule has 4 rings (SSSR count). The van der Waals surface area contributed by atoms with Gasteiger partial charge in [-0.05, 0) is 38.1 Å². The quantitative estimate of drug-likeness (QED) is 0.616. The highest BCUT2D eigenvalue weighted by Crippen LogP contribution is 2.17. The van der Waals surface area contributed by atoms with Gasteiger partial charge in [-0.25, -0.2) is 9.97 Å². The number of hydrogen-bond acceptors (Lipinski definition) is 4. The van der Waals surface area contributed by atoms with Crippen molar-refractivity contribution in [2.24, 2.45) is 0 Å². The summed E-state index contributed by atoms with van der Waals surface area (Å²) in [4.78, 5) is 21.4. The second kappa shape index (κ2) is 6.44. The SMILES string of the molecule is Cc1cc(NC(=O)Cn2c(C)nc3ccccc32)n(-c2ccccn2)n1. The standard InChI is InChI=1S/C19H18N6O/c1-13-11-18(25(23-13)17-9-5-6-10-20-17)22-19(26)12-24-14(2)21-15-7-3-4-8-16(15)24/h3-11H,12H2,1-2H3,(H,22,26). The summed E-state index contributed by atoms with van der Waals surface area (Å²) in [5.41, 5.74) is 2.62. The molecule has 0 unspecified atom stereocenters. The monoisotopic (exact) mass is 346 g/mol. The predicted molar refractivity (Wildman–Crippen MR) is 99.2 cm³/mol. The summed E-state index contributed by atoms with van der Waals surface area (Å²) in [5, 5.41) is 7.35. The third-order valence-corrected chi connectivity index (χ3v) is 4.11. The second-order valence-electron chi connectivity index (χ2n) is 6.05. The van der Waals surface area contributed by atoms with Crippen LogP contribution in [-0.4, -0.2) is 30.2 Å². The summed E-state index contributed by atoms with van der Waals surface area (Å²) in [6.45, 7) is 3.96. The molecule has 0 fully saturated rings. The van der Waals surface area contributed by atoms with Crippen LogP contribution in [0.15, 0.2) is 54.7 Å². The van der Waals surface area contributed by atoms with Crippen LogP contribution >= 0.6 is 0 Å². The lowest BCUT2D eigenvalue weighted by atomic mass is 10.3. The molecule has 4 aromatic rings. The van der Waals surface area contributed by atoms with E-state index >= 15 is 0 Å². The fourth-order valence-electron chi connectivity index (χ4n) is 2.96. The molecule has 7 heteroatoms. The fourth-order valence-corrected chi connectivity index (χ4v) is 2.96. The molecule has 3 heterocycles. The van der Waals surface area contributed by atoms with Crippen LogP contribution in [0.2, 0.25) is 0 Å². The van der Waals surface area contributed by atoms with Crippen LogP contribution in [0.5, 0.6) is 0 Å². The van der Waals surface area contributed by atoms with Crippen LogP contribution in [-0.2, 0) is 11.3 Å². The minimum absolute atomic E-state index is 0.145. The molecule has 0 bridgehead atoms. The number of rotatable bonds is 4. The van der Waals surface area contributed by atoms with E-state index in [0.29, 0.717) is 11.6 Å². The van der Waals surface area contributed by atoms with E-state index in [1.165, 1.54) is 0 Å². The van der Waals surface area contributed by atoms with E-state index in [2.05, 4.69) is 20.4 Å². The number of imidazole rings is 1. The third kappa shape index (κ3) is 2.95. The van der Waals surface area contributed by atoms with Gasteiger partial charge in [-0.1, -0.05) is 18.2 Å². The number of pyridine rings is 1. The number of carbonyl (C=O) groups is 1. The Kier molecular flexibility index (Phi) is 3.96. The van der Waals surface area contributed by atoms with Gasteiger partial charge in [0, 0.05) is 12.3 Å². The van der Waals surface area contributed by atoms with Crippen molar-refractivity contribution in [1.82, 2.24) is 24.3 Å². The van der Waals surface area contributed by atoms with Gasteiger partial charge in [-0.15, -0.1) is 0 Å². The molecular weight excluding hydrogens is 328 g/mol. The Bertz CT molecular complexity index is 1080. The van der Waals surface area contributed by atoms with Crippen molar-refractivity contribution in [2.75, 3.05) is 5.32 Å². The van der Waals surface area contributed by atoms with Crippen molar-refractivity contribution in [3.05, 3.63) is 66.2 Å². The van der Waals surface area contributed by atoms with Crippen molar-refractivity contribution < 1.29 is 4.79 Å². The first-order valence-corrected chi connectivity index (χ1v) is 8.31. The number of amides is 1. The number of aryl methyl sites for hydroxylation is 2. The molecule has 0 spiro atoms. The smallest absolute Gasteiger partial charge is 0.245 e. The Hall–Kier alpha value is -3.48. The maximum Gasteiger partial charge on any atom is 0.245 e. The number of carbonyl (C=O) groups excluding carboxylic acids is 1. The van der Waals surface area contributed by atoms with Gasteiger partial charge in [0.05, 0.1) is 16.7 Å². The normalized spacial score (nSPS) is 11.0. The van der Waals surface area contributed by atoms with Crippen LogP contribution in [0.3, 0.4) is 0 Å². The zero-order chi connectivity index (χ0) is 18.1. The molecule has 1 N–H and O–H groups in total. The van der Waals surface area contributed by atoms with Gasteiger partial charge in [0.15, 0.2) is 5.82 Å². The van der Waals surface area contributed by atoms with Gasteiger partial charge >= 0.3 is 0 Å². The van der Waals surface area contributed by atoms with Crippen LogP contribution in [0.4, 0.5) is 5.82 Å². The van der Waals surface area contributed by atoms with Crippen LogP contribution in [0.1, 0.15) is 11.5 Å². The number of para-hydroxylation sites is 2. The summed E-state index contributed by atoms with van der Waals surface area (Å²) in [6, 6.07) is 15.2. The summed E-state index contributed by atoms with van der Waals surface area (Å²) in [7, 11) is 0. The average molecular weight is 346 g/mol. The predicted octanol–water partition coefficient (Wildman–Crippen LogP) is 2.87. The first kappa shape index (κ1) is 16.0. The first-order valence-electron chi connectivity index (χ1n) is 8.31. The van der Waals surface area contributed by atoms with Crippen molar-refractivity contribution in [2.45, 2.75) is 20.4 Å². The molecule has 0 saturated heterocycles. The van der Waals surface area contributed by atoms with E-state index in [1.807, 2.05) is 66.9 Å². The lowest BCUT2D eigenvalue weighted by Gasteiger charge is -2.10. The highest BCUT2D eigenvalue weighted by molar-refractivity contribution is 5.91. The van der Waals surface area contributed by atoms with E-state index in [1.54, 1.807) is 10.9 Å². The molecule has 130 valence electrons. The van der Waals surface area contributed by atoms with E-state index in [-0.39, 0.29) is 12.5 Å². The first-order chi connectivity index (χ1) is 12.6. The summed E-state index contributed by atoms with van der Waals surface area (Å²) < 4.78 is 3.53. The average Bonchev–Trinajstić information content (AvgIpc) is 3.15. The largest absolute Gasteiger partial charge is 0.319 e. The number of nitrogens with zero attached hydrogens (tertiary/aromatic N) is 5. The highest BCUT2D eigenvalue weighted by Gasteiger charge is 2.14.